The summed E-state index contributed by atoms with van der Waals surface area (Å²) in [7, 11) is 0. The molecule has 0 amide bonds. The van der Waals surface area contributed by atoms with Gasteiger partial charge in [0.05, 0.1) is 13.2 Å². The van der Waals surface area contributed by atoms with Crippen LogP contribution >= 0.6 is 0 Å². The van der Waals surface area contributed by atoms with Gasteiger partial charge in [0.2, 0.25) is 0 Å². The zero-order chi connectivity index (χ0) is 14.2. The van der Waals surface area contributed by atoms with E-state index in [-0.39, 0.29) is 0 Å². The van der Waals surface area contributed by atoms with E-state index in [2.05, 4.69) is 25.2 Å². The molecular weight excluding hydrogens is 250 g/mol. The number of hydrogen-bond donors (Lipinski definition) is 1. The van der Waals surface area contributed by atoms with Crippen LogP contribution in [0.4, 0.5) is 0 Å². The van der Waals surface area contributed by atoms with Gasteiger partial charge in [-0.2, -0.15) is 0 Å². The van der Waals surface area contributed by atoms with Gasteiger partial charge in [-0.25, -0.2) is 0 Å². The van der Waals surface area contributed by atoms with Gasteiger partial charge in [-0.3, -0.25) is 0 Å². The lowest BCUT2D eigenvalue weighted by molar-refractivity contribution is 0.299. The molecule has 1 aromatic carbocycles. The first-order valence-corrected chi connectivity index (χ1v) is 7.92. The quantitative estimate of drug-likeness (QED) is 0.706. The van der Waals surface area contributed by atoms with Crippen LogP contribution in [0.5, 0.6) is 11.5 Å². The van der Waals surface area contributed by atoms with E-state index in [1.165, 1.54) is 18.4 Å². The minimum absolute atomic E-state index is 0.756. The lowest BCUT2D eigenvalue weighted by Gasteiger charge is -2.14. The first-order valence-electron chi connectivity index (χ1n) is 7.92. The van der Waals surface area contributed by atoms with Crippen LogP contribution in [0.2, 0.25) is 0 Å². The number of rotatable bonds is 10. The molecule has 0 aliphatic heterocycles. The molecule has 1 N–H and O–H groups in total. The van der Waals surface area contributed by atoms with Crippen molar-refractivity contribution in [1.82, 2.24) is 5.32 Å². The summed E-state index contributed by atoms with van der Waals surface area (Å²) in [6.45, 7) is 7.76. The van der Waals surface area contributed by atoms with E-state index < -0.39 is 0 Å². The normalized spacial score (nSPS) is 14.3. The molecule has 0 aromatic heterocycles. The fraction of sp³-hybridized carbons (Fsp3) is 0.647. The van der Waals surface area contributed by atoms with Crippen molar-refractivity contribution in [2.45, 2.75) is 46.1 Å². The number of ether oxygens (including phenoxy) is 2. The predicted octanol–water partition coefficient (Wildman–Crippen LogP) is 3.76. The van der Waals surface area contributed by atoms with Crippen LogP contribution in [0.3, 0.4) is 0 Å². The molecule has 3 heteroatoms. The number of hydrogen-bond acceptors (Lipinski definition) is 3. The molecule has 20 heavy (non-hydrogen) atoms. The zero-order valence-corrected chi connectivity index (χ0v) is 12.8. The van der Waals surface area contributed by atoms with Crippen molar-refractivity contribution in [2.75, 3.05) is 19.8 Å². The van der Waals surface area contributed by atoms with Crippen molar-refractivity contribution in [3.05, 3.63) is 23.8 Å². The minimum atomic E-state index is 0.756. The molecule has 3 nitrogen and oxygen atoms in total. The second kappa shape index (κ2) is 8.15. The third kappa shape index (κ3) is 5.04. The van der Waals surface area contributed by atoms with E-state index in [1.807, 2.05) is 12.1 Å². The molecule has 1 aromatic rings. The molecule has 1 aliphatic rings. The lowest BCUT2D eigenvalue weighted by Crippen LogP contribution is -2.17. The van der Waals surface area contributed by atoms with Gasteiger partial charge in [0.15, 0.2) is 0 Å². The highest BCUT2D eigenvalue weighted by atomic mass is 16.5. The molecule has 1 aliphatic carbocycles. The van der Waals surface area contributed by atoms with E-state index in [4.69, 9.17) is 9.47 Å². The average Bonchev–Trinajstić information content (AvgIpc) is 3.28. The van der Waals surface area contributed by atoms with Crippen molar-refractivity contribution in [3.8, 4) is 11.5 Å². The summed E-state index contributed by atoms with van der Waals surface area (Å²) in [5.74, 6) is 2.77. The smallest absolute Gasteiger partial charge is 0.127 e. The lowest BCUT2D eigenvalue weighted by atomic mass is 10.2. The van der Waals surface area contributed by atoms with Crippen LogP contribution in [-0.4, -0.2) is 19.8 Å². The molecule has 2 rings (SSSR count). The fourth-order valence-corrected chi connectivity index (χ4v) is 2.07. The van der Waals surface area contributed by atoms with E-state index in [9.17, 15) is 0 Å². The zero-order valence-electron chi connectivity index (χ0n) is 12.8. The Bertz CT molecular complexity index is 402. The number of benzene rings is 1. The SMILES string of the molecule is CCCOc1ccc(CNCC2CC2)c(OCCC)c1. The molecule has 0 unspecified atom stereocenters. The van der Waals surface area contributed by atoms with Crippen molar-refractivity contribution < 1.29 is 9.47 Å². The average molecular weight is 277 g/mol. The summed E-state index contributed by atoms with van der Waals surface area (Å²) in [6.07, 6.45) is 4.82. The molecule has 112 valence electrons. The maximum absolute atomic E-state index is 5.86. The van der Waals surface area contributed by atoms with Crippen molar-refractivity contribution in [2.24, 2.45) is 5.92 Å². The molecule has 0 spiro atoms. The molecular formula is C17H27NO2. The maximum Gasteiger partial charge on any atom is 0.127 e. The van der Waals surface area contributed by atoms with Crippen LogP contribution in [0, 0.1) is 5.92 Å². The molecule has 0 bridgehead atoms. The highest BCUT2D eigenvalue weighted by molar-refractivity contribution is 5.40. The van der Waals surface area contributed by atoms with Crippen LogP contribution in [0.1, 0.15) is 45.1 Å². The van der Waals surface area contributed by atoms with Gasteiger partial charge in [0.25, 0.3) is 0 Å². The summed E-state index contributed by atoms with van der Waals surface area (Å²) in [5, 5.41) is 3.52. The summed E-state index contributed by atoms with van der Waals surface area (Å²) >= 11 is 0. The third-order valence-corrected chi connectivity index (χ3v) is 3.42. The summed E-state index contributed by atoms with van der Waals surface area (Å²) in [6, 6.07) is 6.19. The molecule has 1 fully saturated rings. The Hall–Kier alpha value is -1.22. The van der Waals surface area contributed by atoms with Gasteiger partial charge in [-0.05, 0) is 44.2 Å². The second-order valence-corrected chi connectivity index (χ2v) is 5.54. The summed E-state index contributed by atoms with van der Waals surface area (Å²) in [4.78, 5) is 0. The Morgan fingerprint density at radius 2 is 1.85 bits per heavy atom. The first-order chi connectivity index (χ1) is 9.83. The van der Waals surface area contributed by atoms with Crippen LogP contribution < -0.4 is 14.8 Å². The van der Waals surface area contributed by atoms with Gasteiger partial charge in [0.1, 0.15) is 11.5 Å². The van der Waals surface area contributed by atoms with Crippen LogP contribution in [0.15, 0.2) is 18.2 Å². The summed E-state index contributed by atoms with van der Waals surface area (Å²) < 4.78 is 11.5. The van der Waals surface area contributed by atoms with Gasteiger partial charge in [-0.1, -0.05) is 19.9 Å². The Morgan fingerprint density at radius 3 is 2.55 bits per heavy atom. The standard InChI is InChI=1S/C17H27NO2/c1-3-9-19-16-8-7-15(13-18-12-14-5-6-14)17(11-16)20-10-4-2/h7-8,11,14,18H,3-6,9-10,12-13H2,1-2H3. The van der Waals surface area contributed by atoms with Crippen molar-refractivity contribution >= 4 is 0 Å². The highest BCUT2D eigenvalue weighted by Crippen LogP contribution is 2.29. The van der Waals surface area contributed by atoms with Gasteiger partial charge in [0, 0.05) is 18.2 Å². The molecule has 0 atom stereocenters. The topological polar surface area (TPSA) is 30.5 Å². The van der Waals surface area contributed by atoms with Crippen molar-refractivity contribution in [1.29, 1.82) is 0 Å². The molecule has 0 heterocycles. The Morgan fingerprint density at radius 1 is 1.10 bits per heavy atom. The molecule has 1 saturated carbocycles. The second-order valence-electron chi connectivity index (χ2n) is 5.54. The third-order valence-electron chi connectivity index (χ3n) is 3.42. The molecule has 0 saturated heterocycles. The molecule has 0 radical (unpaired) electrons. The van der Waals surface area contributed by atoms with Gasteiger partial charge in [-0.15, -0.1) is 0 Å². The largest absolute Gasteiger partial charge is 0.493 e. The first kappa shape index (κ1) is 15.2. The predicted molar refractivity (Wildman–Crippen MR) is 82.4 cm³/mol. The maximum atomic E-state index is 5.86. The van der Waals surface area contributed by atoms with Crippen molar-refractivity contribution in [3.63, 3.8) is 0 Å². The summed E-state index contributed by atoms with van der Waals surface area (Å²) in [5.41, 5.74) is 1.22. The fourth-order valence-electron chi connectivity index (χ4n) is 2.07. The minimum Gasteiger partial charge on any atom is -0.493 e. The van der Waals surface area contributed by atoms with E-state index in [1.54, 1.807) is 0 Å². The van der Waals surface area contributed by atoms with Gasteiger partial charge >= 0.3 is 0 Å². The Balaban J connectivity index is 1.94. The number of nitrogens with one attached hydrogen (secondary N) is 1. The van der Waals surface area contributed by atoms with E-state index in [0.29, 0.717) is 0 Å². The monoisotopic (exact) mass is 277 g/mol. The van der Waals surface area contributed by atoms with Gasteiger partial charge < -0.3 is 14.8 Å². The van der Waals surface area contributed by atoms with Crippen LogP contribution in [-0.2, 0) is 6.54 Å². The van der Waals surface area contributed by atoms with E-state index in [0.717, 1.165) is 56.6 Å². The Labute approximate surface area is 122 Å². The Kier molecular flexibility index (Phi) is 6.19. The highest BCUT2D eigenvalue weighted by Gasteiger charge is 2.20. The van der Waals surface area contributed by atoms with Crippen LogP contribution in [0.25, 0.3) is 0 Å². The van der Waals surface area contributed by atoms with E-state index >= 15 is 0 Å².